The van der Waals surface area contributed by atoms with Crippen molar-refractivity contribution in [2.75, 3.05) is 6.26 Å². The summed E-state index contributed by atoms with van der Waals surface area (Å²) in [6, 6.07) is 1.85. The van der Waals surface area contributed by atoms with E-state index in [1.54, 1.807) is 16.8 Å². The molecule has 0 radical (unpaired) electrons. The van der Waals surface area contributed by atoms with Gasteiger partial charge >= 0.3 is 0 Å². The van der Waals surface area contributed by atoms with Gasteiger partial charge in [0.2, 0.25) is 5.91 Å². The summed E-state index contributed by atoms with van der Waals surface area (Å²) in [5.41, 5.74) is 5.79. The second-order valence-electron chi connectivity index (χ2n) is 6.46. The van der Waals surface area contributed by atoms with E-state index in [1.165, 1.54) is 18.7 Å². The van der Waals surface area contributed by atoms with Crippen LogP contribution in [0.1, 0.15) is 44.2 Å². The van der Waals surface area contributed by atoms with Crippen LogP contribution in [0.5, 0.6) is 0 Å². The number of amides is 1. The fraction of sp³-hybridized carbons (Fsp3) is 0.529. The van der Waals surface area contributed by atoms with Crippen LogP contribution in [-0.2, 0) is 11.2 Å². The average Bonchev–Trinajstić information content (AvgIpc) is 3.14. The number of carbonyl (C=O) groups excluding carboxylic acids is 1. The topological polar surface area (TPSA) is 109 Å². The average molecular weight is 377 g/mol. The van der Waals surface area contributed by atoms with E-state index in [4.69, 9.17) is 0 Å². The SMILES string of the molecule is CSc1ncc2cc(CC(O)NNC(C)=O)c(=O)n(C3CCCC3)c2n1. The maximum atomic E-state index is 13.1. The Morgan fingerprint density at radius 2 is 2.19 bits per heavy atom. The predicted molar refractivity (Wildman–Crippen MR) is 99.7 cm³/mol. The number of nitrogens with one attached hydrogen (secondary N) is 2. The highest BCUT2D eigenvalue weighted by Crippen LogP contribution is 2.30. The molecule has 0 aliphatic heterocycles. The third-order valence-electron chi connectivity index (χ3n) is 4.53. The van der Waals surface area contributed by atoms with Gasteiger partial charge < -0.3 is 5.11 Å². The maximum absolute atomic E-state index is 13.1. The van der Waals surface area contributed by atoms with Crippen LogP contribution in [0.25, 0.3) is 11.0 Å². The molecule has 0 bridgehead atoms. The summed E-state index contributed by atoms with van der Waals surface area (Å²) in [5, 5.41) is 11.5. The zero-order valence-corrected chi connectivity index (χ0v) is 15.7. The van der Waals surface area contributed by atoms with Gasteiger partial charge in [-0.2, -0.15) is 0 Å². The summed E-state index contributed by atoms with van der Waals surface area (Å²) in [6.07, 6.45) is 6.71. The minimum Gasteiger partial charge on any atom is -0.377 e. The summed E-state index contributed by atoms with van der Waals surface area (Å²) in [5.74, 6) is -0.316. The first-order valence-electron chi connectivity index (χ1n) is 8.65. The van der Waals surface area contributed by atoms with E-state index in [9.17, 15) is 14.7 Å². The smallest absolute Gasteiger partial charge is 0.255 e. The summed E-state index contributed by atoms with van der Waals surface area (Å²) in [7, 11) is 0. The molecule has 2 aromatic heterocycles. The molecule has 26 heavy (non-hydrogen) atoms. The molecule has 1 atom stereocenters. The zero-order chi connectivity index (χ0) is 18.7. The van der Waals surface area contributed by atoms with E-state index in [0.717, 1.165) is 31.1 Å². The first-order chi connectivity index (χ1) is 12.5. The van der Waals surface area contributed by atoms with E-state index in [-0.39, 0.29) is 23.9 Å². The number of aromatic nitrogens is 3. The number of hydrogen-bond acceptors (Lipinski definition) is 7. The quantitative estimate of drug-likeness (QED) is 0.300. The van der Waals surface area contributed by atoms with Crippen LogP contribution in [0.3, 0.4) is 0 Å². The summed E-state index contributed by atoms with van der Waals surface area (Å²) in [6.45, 7) is 1.34. The van der Waals surface area contributed by atoms with Gasteiger partial charge in [0, 0.05) is 36.5 Å². The highest BCUT2D eigenvalue weighted by Gasteiger charge is 2.23. The van der Waals surface area contributed by atoms with Crippen molar-refractivity contribution >= 4 is 28.7 Å². The van der Waals surface area contributed by atoms with Crippen LogP contribution in [0.4, 0.5) is 0 Å². The molecular weight excluding hydrogens is 354 g/mol. The van der Waals surface area contributed by atoms with Gasteiger partial charge in [-0.05, 0) is 25.2 Å². The van der Waals surface area contributed by atoms with E-state index < -0.39 is 6.23 Å². The molecule has 0 saturated heterocycles. The minimum absolute atomic E-state index is 0.0754. The van der Waals surface area contributed by atoms with Crippen LogP contribution >= 0.6 is 11.8 Å². The van der Waals surface area contributed by atoms with Crippen molar-refractivity contribution in [1.82, 2.24) is 25.4 Å². The van der Waals surface area contributed by atoms with Crippen molar-refractivity contribution in [2.45, 2.75) is 56.5 Å². The summed E-state index contributed by atoms with van der Waals surface area (Å²) in [4.78, 5) is 32.9. The molecule has 1 aliphatic rings. The van der Waals surface area contributed by atoms with Gasteiger partial charge in [0.1, 0.15) is 11.9 Å². The molecule has 1 aliphatic carbocycles. The Morgan fingerprint density at radius 3 is 2.85 bits per heavy atom. The number of hydrogen-bond donors (Lipinski definition) is 3. The normalized spacial score (nSPS) is 16.1. The fourth-order valence-electron chi connectivity index (χ4n) is 3.35. The largest absolute Gasteiger partial charge is 0.377 e. The first-order valence-corrected chi connectivity index (χ1v) is 9.87. The van der Waals surface area contributed by atoms with E-state index >= 15 is 0 Å². The Kier molecular flexibility index (Phi) is 5.90. The molecule has 140 valence electrons. The van der Waals surface area contributed by atoms with Gasteiger partial charge in [0.05, 0.1) is 0 Å². The Labute approximate surface area is 155 Å². The van der Waals surface area contributed by atoms with E-state index in [2.05, 4.69) is 20.8 Å². The number of fused-ring (bicyclic) bond motifs is 1. The Hall–Kier alpha value is -1.97. The third kappa shape index (κ3) is 4.05. The standard InChI is InChI=1S/C17H23N5O3S/c1-10(23)20-21-14(24)8-11-7-12-9-18-17(26-2)19-15(12)22(16(11)25)13-5-3-4-6-13/h7,9,13-14,21,24H,3-6,8H2,1-2H3,(H,20,23). The minimum atomic E-state index is -1.06. The molecule has 8 nitrogen and oxygen atoms in total. The predicted octanol–water partition coefficient (Wildman–Crippen LogP) is 1.13. The maximum Gasteiger partial charge on any atom is 0.255 e. The van der Waals surface area contributed by atoms with Crippen molar-refractivity contribution in [3.8, 4) is 0 Å². The molecule has 2 heterocycles. The third-order valence-corrected chi connectivity index (χ3v) is 5.09. The zero-order valence-electron chi connectivity index (χ0n) is 14.9. The van der Waals surface area contributed by atoms with Crippen molar-refractivity contribution < 1.29 is 9.90 Å². The molecule has 0 aromatic carbocycles. The molecular formula is C17H23N5O3S. The van der Waals surface area contributed by atoms with Crippen LogP contribution < -0.4 is 16.4 Å². The van der Waals surface area contributed by atoms with Gasteiger partial charge in [-0.25, -0.2) is 15.4 Å². The Morgan fingerprint density at radius 1 is 1.46 bits per heavy atom. The number of nitrogens with zero attached hydrogens (tertiary/aromatic N) is 3. The molecule has 1 fully saturated rings. The highest BCUT2D eigenvalue weighted by molar-refractivity contribution is 7.98. The lowest BCUT2D eigenvalue weighted by atomic mass is 10.1. The molecule has 9 heteroatoms. The number of thioether (sulfide) groups is 1. The van der Waals surface area contributed by atoms with Crippen molar-refractivity contribution in [3.63, 3.8) is 0 Å². The number of carbonyl (C=O) groups is 1. The Balaban J connectivity index is 2.03. The number of hydrazine groups is 1. The number of rotatable bonds is 6. The van der Waals surface area contributed by atoms with Crippen LogP contribution in [0, 0.1) is 0 Å². The Bertz CT molecular complexity index is 863. The summed E-state index contributed by atoms with van der Waals surface area (Å²) >= 11 is 1.44. The number of aliphatic hydroxyl groups excluding tert-OH is 1. The molecule has 2 aromatic rings. The molecule has 1 amide bonds. The van der Waals surface area contributed by atoms with E-state index in [1.807, 2.05) is 6.26 Å². The lowest BCUT2D eigenvalue weighted by molar-refractivity contribution is -0.121. The fourth-order valence-corrected chi connectivity index (χ4v) is 3.69. The van der Waals surface area contributed by atoms with Crippen LogP contribution in [-0.4, -0.2) is 38.0 Å². The van der Waals surface area contributed by atoms with E-state index in [0.29, 0.717) is 16.4 Å². The molecule has 1 saturated carbocycles. The molecule has 3 N–H and O–H groups in total. The molecule has 0 spiro atoms. The van der Waals surface area contributed by atoms with Gasteiger partial charge in [-0.1, -0.05) is 24.6 Å². The van der Waals surface area contributed by atoms with Crippen molar-refractivity contribution in [1.29, 1.82) is 0 Å². The number of pyridine rings is 1. The first kappa shape index (κ1) is 18.8. The van der Waals surface area contributed by atoms with Gasteiger partial charge in [0.15, 0.2) is 5.16 Å². The monoisotopic (exact) mass is 377 g/mol. The lowest BCUT2D eigenvalue weighted by Gasteiger charge is -2.19. The highest BCUT2D eigenvalue weighted by atomic mass is 32.2. The van der Waals surface area contributed by atoms with Crippen LogP contribution in [0.15, 0.2) is 22.2 Å². The van der Waals surface area contributed by atoms with Gasteiger partial charge in [0.25, 0.3) is 5.56 Å². The van der Waals surface area contributed by atoms with Gasteiger partial charge in [-0.3, -0.25) is 19.6 Å². The van der Waals surface area contributed by atoms with Gasteiger partial charge in [-0.15, -0.1) is 0 Å². The number of aliphatic hydroxyl groups is 1. The van der Waals surface area contributed by atoms with Crippen molar-refractivity contribution in [3.05, 3.63) is 28.2 Å². The second kappa shape index (κ2) is 8.15. The lowest BCUT2D eigenvalue weighted by Crippen LogP contribution is -2.45. The summed E-state index contributed by atoms with van der Waals surface area (Å²) < 4.78 is 1.77. The molecule has 1 unspecified atom stereocenters. The van der Waals surface area contributed by atoms with Crippen LogP contribution in [0.2, 0.25) is 0 Å². The molecule has 3 rings (SSSR count). The van der Waals surface area contributed by atoms with Crippen molar-refractivity contribution in [2.24, 2.45) is 0 Å². The second-order valence-corrected chi connectivity index (χ2v) is 7.24.